The Kier molecular flexibility index (Phi) is 4.33. The summed E-state index contributed by atoms with van der Waals surface area (Å²) in [4.78, 5) is 18.0. The number of aryl methyl sites for hydroxylation is 1. The predicted molar refractivity (Wildman–Crippen MR) is 114 cm³/mol. The van der Waals surface area contributed by atoms with Crippen LogP contribution in [0.4, 0.5) is 0 Å². The molecule has 3 heterocycles. The number of hydrogen-bond acceptors (Lipinski definition) is 4. The fourth-order valence-corrected chi connectivity index (χ4v) is 3.69. The third kappa shape index (κ3) is 2.98. The van der Waals surface area contributed by atoms with Crippen LogP contribution in [0.5, 0.6) is 0 Å². The maximum Gasteiger partial charge on any atom is 0.226 e. The summed E-state index contributed by atoms with van der Waals surface area (Å²) in [5, 5.41) is 0.155. The Labute approximate surface area is 172 Å². The summed E-state index contributed by atoms with van der Waals surface area (Å²) < 4.78 is 3.99. The van der Waals surface area contributed by atoms with Crippen molar-refractivity contribution in [2.45, 2.75) is 13.5 Å². The van der Waals surface area contributed by atoms with Crippen molar-refractivity contribution < 1.29 is 0 Å². The van der Waals surface area contributed by atoms with E-state index in [1.165, 1.54) is 0 Å². The zero-order valence-corrected chi connectivity index (χ0v) is 16.5. The van der Waals surface area contributed by atoms with Gasteiger partial charge < -0.3 is 4.57 Å². The first-order chi connectivity index (χ1) is 14.3. The lowest BCUT2D eigenvalue weighted by atomic mass is 10.0. The molecule has 142 valence electrons. The van der Waals surface area contributed by atoms with E-state index in [1.807, 2.05) is 45.5 Å². The van der Waals surface area contributed by atoms with Gasteiger partial charge in [0.1, 0.15) is 11.8 Å². The van der Waals surface area contributed by atoms with Crippen LogP contribution in [0.3, 0.4) is 0 Å². The van der Waals surface area contributed by atoms with Gasteiger partial charge in [-0.1, -0.05) is 60.7 Å². The molecule has 0 saturated heterocycles. The number of rotatable bonds is 4. The molecular weight excluding hydrogens is 384 g/mol. The predicted octanol–water partition coefficient (Wildman–Crippen LogP) is 5.02. The normalized spacial score (nSPS) is 11.2. The first-order valence-electron chi connectivity index (χ1n) is 9.33. The van der Waals surface area contributed by atoms with Crippen molar-refractivity contribution in [1.29, 1.82) is 0 Å². The van der Waals surface area contributed by atoms with E-state index in [4.69, 9.17) is 16.6 Å². The monoisotopic (exact) mass is 400 g/mol. The van der Waals surface area contributed by atoms with Crippen LogP contribution in [0.2, 0.25) is 5.28 Å². The molecule has 7 heteroatoms. The van der Waals surface area contributed by atoms with Crippen LogP contribution in [0.15, 0.2) is 73.3 Å². The smallest absolute Gasteiger partial charge is 0.226 e. The highest BCUT2D eigenvalue weighted by atomic mass is 35.5. The van der Waals surface area contributed by atoms with Crippen LogP contribution in [-0.4, -0.2) is 29.1 Å². The molecule has 5 rings (SSSR count). The molecule has 0 atom stereocenters. The van der Waals surface area contributed by atoms with Crippen molar-refractivity contribution in [3.05, 3.63) is 78.6 Å². The lowest BCUT2D eigenvalue weighted by molar-refractivity contribution is 0.781. The molecule has 0 saturated carbocycles. The van der Waals surface area contributed by atoms with Gasteiger partial charge >= 0.3 is 0 Å². The summed E-state index contributed by atoms with van der Waals surface area (Å²) in [6.07, 6.45) is 3.55. The fourth-order valence-electron chi connectivity index (χ4n) is 3.53. The molecular formula is C22H17ClN6. The topological polar surface area (TPSA) is 61.4 Å². The van der Waals surface area contributed by atoms with Gasteiger partial charge in [0.05, 0.1) is 17.7 Å². The van der Waals surface area contributed by atoms with Crippen molar-refractivity contribution in [3.63, 3.8) is 0 Å². The summed E-state index contributed by atoms with van der Waals surface area (Å²) in [5.74, 6) is 0.660. The van der Waals surface area contributed by atoms with Gasteiger partial charge in [-0.25, -0.2) is 9.97 Å². The second kappa shape index (κ2) is 7.14. The first-order valence-corrected chi connectivity index (χ1v) is 9.71. The second-order valence-corrected chi connectivity index (χ2v) is 6.90. The van der Waals surface area contributed by atoms with Crippen molar-refractivity contribution in [1.82, 2.24) is 29.1 Å². The van der Waals surface area contributed by atoms with Crippen LogP contribution in [0, 0.1) is 0 Å². The summed E-state index contributed by atoms with van der Waals surface area (Å²) in [6.45, 7) is 2.80. The van der Waals surface area contributed by atoms with Crippen LogP contribution in [-0.2, 0) is 6.54 Å². The van der Waals surface area contributed by atoms with Crippen molar-refractivity contribution in [2.24, 2.45) is 0 Å². The summed E-state index contributed by atoms with van der Waals surface area (Å²) in [5.41, 5.74) is 5.28. The van der Waals surface area contributed by atoms with Gasteiger partial charge in [-0.05, 0) is 18.5 Å². The van der Waals surface area contributed by atoms with Gasteiger partial charge in [-0.2, -0.15) is 9.97 Å². The molecule has 0 radical (unpaired) electrons. The van der Waals surface area contributed by atoms with Crippen molar-refractivity contribution in [3.8, 4) is 28.3 Å². The highest BCUT2D eigenvalue weighted by molar-refractivity contribution is 6.28. The van der Waals surface area contributed by atoms with Gasteiger partial charge in [0.2, 0.25) is 5.28 Å². The average Bonchev–Trinajstić information content (AvgIpc) is 3.38. The van der Waals surface area contributed by atoms with E-state index in [1.54, 1.807) is 12.7 Å². The average molecular weight is 401 g/mol. The van der Waals surface area contributed by atoms with Gasteiger partial charge in [0, 0.05) is 17.7 Å². The third-order valence-corrected chi connectivity index (χ3v) is 5.03. The number of hydrogen-bond donors (Lipinski definition) is 0. The lowest BCUT2D eigenvalue weighted by Crippen LogP contribution is -2.05. The van der Waals surface area contributed by atoms with E-state index in [2.05, 4.69) is 46.1 Å². The summed E-state index contributed by atoms with van der Waals surface area (Å²) in [6, 6.07) is 20.3. The Morgan fingerprint density at radius 3 is 2.21 bits per heavy atom. The van der Waals surface area contributed by atoms with E-state index in [9.17, 15) is 0 Å². The van der Waals surface area contributed by atoms with E-state index in [0.29, 0.717) is 11.5 Å². The zero-order valence-electron chi connectivity index (χ0n) is 15.7. The molecule has 29 heavy (non-hydrogen) atoms. The Morgan fingerprint density at radius 1 is 0.828 bits per heavy atom. The van der Waals surface area contributed by atoms with Crippen molar-refractivity contribution >= 4 is 22.8 Å². The minimum Gasteiger partial charge on any atom is -0.326 e. The van der Waals surface area contributed by atoms with Gasteiger partial charge in [-0.15, -0.1) is 0 Å². The maximum atomic E-state index is 6.24. The van der Waals surface area contributed by atoms with E-state index >= 15 is 0 Å². The first kappa shape index (κ1) is 17.6. The highest BCUT2D eigenvalue weighted by Crippen LogP contribution is 2.34. The molecule has 3 aromatic heterocycles. The van der Waals surface area contributed by atoms with Gasteiger partial charge in [0.15, 0.2) is 11.5 Å². The third-order valence-electron chi connectivity index (χ3n) is 4.86. The maximum absolute atomic E-state index is 6.24. The molecule has 0 spiro atoms. The zero-order chi connectivity index (χ0) is 19.8. The molecule has 0 amide bonds. The Morgan fingerprint density at radius 2 is 1.52 bits per heavy atom. The molecule has 0 aliphatic heterocycles. The molecule has 6 nitrogen and oxygen atoms in total. The number of benzene rings is 2. The van der Waals surface area contributed by atoms with Gasteiger partial charge in [-0.3, -0.25) is 4.57 Å². The van der Waals surface area contributed by atoms with Crippen LogP contribution in [0.25, 0.3) is 39.5 Å². The molecule has 5 aromatic rings. The second-order valence-electron chi connectivity index (χ2n) is 6.56. The van der Waals surface area contributed by atoms with Crippen LogP contribution < -0.4 is 0 Å². The molecule has 0 bridgehead atoms. The van der Waals surface area contributed by atoms with Crippen molar-refractivity contribution in [2.75, 3.05) is 0 Å². The van der Waals surface area contributed by atoms with E-state index < -0.39 is 0 Å². The molecule has 2 aromatic carbocycles. The molecule has 0 aliphatic carbocycles. The fraction of sp³-hybridized carbons (Fsp3) is 0.0909. The number of fused-ring (bicyclic) bond motifs is 1. The summed E-state index contributed by atoms with van der Waals surface area (Å²) >= 11 is 6.24. The molecule has 0 N–H and O–H groups in total. The minimum absolute atomic E-state index is 0.155. The van der Waals surface area contributed by atoms with Crippen LogP contribution in [0.1, 0.15) is 6.92 Å². The Balaban J connectivity index is 1.85. The van der Waals surface area contributed by atoms with Crippen LogP contribution >= 0.6 is 11.6 Å². The number of aromatic nitrogens is 6. The van der Waals surface area contributed by atoms with E-state index in [0.717, 1.165) is 34.6 Å². The number of nitrogens with zero attached hydrogens (tertiary/aromatic N) is 6. The largest absolute Gasteiger partial charge is 0.326 e. The standard InChI is InChI=1S/C22H17ClN6/c1-2-28-13-25-20-19(28)21(27-22(23)26-20)29-14-24-17(15-9-5-3-6-10-15)18(29)16-11-7-4-8-12-16/h3-14H,2H2,1H3. The molecule has 0 fully saturated rings. The SMILES string of the molecule is CCn1cnc2nc(Cl)nc(-n3cnc(-c4ccccc4)c3-c3ccccc3)c21. The molecule has 0 unspecified atom stereocenters. The number of halogens is 1. The van der Waals surface area contributed by atoms with E-state index in [-0.39, 0.29) is 5.28 Å². The highest BCUT2D eigenvalue weighted by Gasteiger charge is 2.21. The Bertz CT molecular complexity index is 1290. The number of imidazole rings is 2. The Hall–Kier alpha value is -3.51. The minimum atomic E-state index is 0.155. The quantitative estimate of drug-likeness (QED) is 0.397. The summed E-state index contributed by atoms with van der Waals surface area (Å²) in [7, 11) is 0. The lowest BCUT2D eigenvalue weighted by Gasteiger charge is -2.12. The van der Waals surface area contributed by atoms with Gasteiger partial charge in [0.25, 0.3) is 0 Å². The molecule has 0 aliphatic rings.